The molecular formula is C10H8O5S. The lowest BCUT2D eigenvalue weighted by Crippen LogP contribution is -1.98. The normalized spacial score (nSPS) is 11.6. The van der Waals surface area contributed by atoms with Crippen molar-refractivity contribution in [2.75, 3.05) is 0 Å². The summed E-state index contributed by atoms with van der Waals surface area (Å²) in [5, 5.41) is 9.44. The first-order chi connectivity index (χ1) is 7.48. The van der Waals surface area contributed by atoms with Crippen molar-refractivity contribution in [1.82, 2.24) is 0 Å². The van der Waals surface area contributed by atoms with Crippen molar-refractivity contribution >= 4 is 10.1 Å². The van der Waals surface area contributed by atoms with E-state index in [2.05, 4.69) is 0 Å². The van der Waals surface area contributed by atoms with E-state index in [1.54, 1.807) is 12.1 Å². The molecule has 0 atom stereocenters. The molecule has 0 saturated heterocycles. The summed E-state index contributed by atoms with van der Waals surface area (Å²) >= 11 is 0. The monoisotopic (exact) mass is 240 g/mol. The molecule has 0 fully saturated rings. The van der Waals surface area contributed by atoms with Gasteiger partial charge in [-0.15, -0.1) is 0 Å². The molecule has 84 valence electrons. The lowest BCUT2D eigenvalue weighted by Gasteiger charge is -2.02. The highest BCUT2D eigenvalue weighted by Gasteiger charge is 2.16. The molecule has 6 heteroatoms. The van der Waals surface area contributed by atoms with E-state index in [9.17, 15) is 13.5 Å². The molecule has 0 aliphatic heterocycles. The van der Waals surface area contributed by atoms with E-state index in [0.717, 1.165) is 6.07 Å². The van der Waals surface area contributed by atoms with Crippen LogP contribution in [0.1, 0.15) is 0 Å². The summed E-state index contributed by atoms with van der Waals surface area (Å²) in [6.07, 6.45) is 1.46. The van der Waals surface area contributed by atoms with E-state index < -0.39 is 20.8 Å². The highest BCUT2D eigenvalue weighted by molar-refractivity contribution is 7.86. The second kappa shape index (κ2) is 3.66. The van der Waals surface area contributed by atoms with E-state index in [1.807, 2.05) is 0 Å². The molecule has 0 radical (unpaired) electrons. The van der Waals surface area contributed by atoms with Crippen LogP contribution in [0.2, 0.25) is 0 Å². The number of phenols is 1. The van der Waals surface area contributed by atoms with Crippen LogP contribution in [-0.4, -0.2) is 18.1 Å². The van der Waals surface area contributed by atoms with Crippen molar-refractivity contribution < 1.29 is 22.5 Å². The summed E-state index contributed by atoms with van der Waals surface area (Å²) in [5.41, 5.74) is 0.523. The van der Waals surface area contributed by atoms with Gasteiger partial charge in [-0.2, -0.15) is 8.42 Å². The molecular weight excluding hydrogens is 232 g/mol. The van der Waals surface area contributed by atoms with Crippen LogP contribution in [0.15, 0.2) is 45.9 Å². The molecule has 0 unspecified atom stereocenters. The Kier molecular flexibility index (Phi) is 2.45. The Morgan fingerprint density at radius 1 is 1.19 bits per heavy atom. The van der Waals surface area contributed by atoms with Gasteiger partial charge in [-0.1, -0.05) is 0 Å². The number of phenolic OH excluding ortho intramolecular Hbond substituents is 1. The van der Waals surface area contributed by atoms with Crippen LogP contribution in [0.3, 0.4) is 0 Å². The molecule has 2 N–H and O–H groups in total. The first-order valence-corrected chi connectivity index (χ1v) is 5.77. The fourth-order valence-electron chi connectivity index (χ4n) is 1.33. The van der Waals surface area contributed by atoms with Crippen molar-refractivity contribution in [3.63, 3.8) is 0 Å². The number of furan rings is 1. The molecule has 1 heterocycles. The van der Waals surface area contributed by atoms with Crippen LogP contribution in [0.25, 0.3) is 11.3 Å². The standard InChI is InChI=1S/C10H8O5S/c11-8-6-7(9-2-1-5-15-9)3-4-10(8)16(12,13)14/h1-6,11H,(H,12,13,14). The van der Waals surface area contributed by atoms with E-state index in [4.69, 9.17) is 8.97 Å². The number of benzene rings is 1. The van der Waals surface area contributed by atoms with Gasteiger partial charge in [-0.25, -0.2) is 0 Å². The first-order valence-electron chi connectivity index (χ1n) is 4.33. The van der Waals surface area contributed by atoms with E-state index in [-0.39, 0.29) is 0 Å². The molecule has 5 nitrogen and oxygen atoms in total. The topological polar surface area (TPSA) is 87.7 Å². The maximum absolute atomic E-state index is 10.8. The maximum atomic E-state index is 10.8. The van der Waals surface area contributed by atoms with Gasteiger partial charge in [-0.05, 0) is 30.3 Å². The molecule has 0 spiro atoms. The molecule has 1 aromatic carbocycles. The van der Waals surface area contributed by atoms with Crippen LogP contribution in [0, 0.1) is 0 Å². The summed E-state index contributed by atoms with van der Waals surface area (Å²) in [5.74, 6) is -0.0198. The Bertz CT molecular complexity index is 598. The van der Waals surface area contributed by atoms with Crippen LogP contribution < -0.4 is 0 Å². The smallest absolute Gasteiger partial charge is 0.298 e. The lowest BCUT2D eigenvalue weighted by atomic mass is 10.1. The first kappa shape index (κ1) is 10.7. The van der Waals surface area contributed by atoms with Crippen molar-refractivity contribution in [3.05, 3.63) is 36.6 Å². The number of aromatic hydroxyl groups is 1. The minimum Gasteiger partial charge on any atom is -0.506 e. The minimum atomic E-state index is -4.40. The van der Waals surface area contributed by atoms with Crippen molar-refractivity contribution in [1.29, 1.82) is 0 Å². The summed E-state index contributed by atoms with van der Waals surface area (Å²) in [6.45, 7) is 0. The van der Waals surface area contributed by atoms with Crippen molar-refractivity contribution in [2.45, 2.75) is 4.90 Å². The maximum Gasteiger partial charge on any atom is 0.298 e. The van der Waals surface area contributed by atoms with Gasteiger partial charge in [-0.3, -0.25) is 4.55 Å². The zero-order valence-electron chi connectivity index (χ0n) is 7.99. The zero-order chi connectivity index (χ0) is 11.8. The molecule has 0 saturated carbocycles. The Labute approximate surface area is 91.7 Å². The van der Waals surface area contributed by atoms with Crippen LogP contribution in [0.5, 0.6) is 5.75 Å². The highest BCUT2D eigenvalue weighted by atomic mass is 32.2. The SMILES string of the molecule is O=S(=O)(O)c1ccc(-c2ccco2)cc1O. The second-order valence-electron chi connectivity index (χ2n) is 3.13. The van der Waals surface area contributed by atoms with Gasteiger partial charge in [0.05, 0.1) is 6.26 Å². The molecule has 2 rings (SSSR count). The van der Waals surface area contributed by atoms with Gasteiger partial charge in [0, 0.05) is 5.56 Å². The third-order valence-electron chi connectivity index (χ3n) is 2.04. The summed E-state index contributed by atoms with van der Waals surface area (Å²) < 4.78 is 35.5. The minimum absolute atomic E-state index is 0.497. The predicted molar refractivity (Wildman–Crippen MR) is 55.6 cm³/mol. The van der Waals surface area contributed by atoms with Gasteiger partial charge in [0.25, 0.3) is 10.1 Å². The Hall–Kier alpha value is -1.79. The Morgan fingerprint density at radius 2 is 1.94 bits per heavy atom. The van der Waals surface area contributed by atoms with Gasteiger partial charge >= 0.3 is 0 Å². The van der Waals surface area contributed by atoms with Crippen LogP contribution in [-0.2, 0) is 10.1 Å². The predicted octanol–water partition coefficient (Wildman–Crippen LogP) is 1.90. The summed E-state index contributed by atoms with van der Waals surface area (Å²) in [6, 6.07) is 7.09. The molecule has 0 bridgehead atoms. The van der Waals surface area contributed by atoms with Crippen molar-refractivity contribution in [2.24, 2.45) is 0 Å². The number of hydrogen-bond donors (Lipinski definition) is 2. The van der Waals surface area contributed by atoms with Crippen LogP contribution in [0.4, 0.5) is 0 Å². The van der Waals surface area contributed by atoms with E-state index >= 15 is 0 Å². The largest absolute Gasteiger partial charge is 0.506 e. The molecule has 0 aliphatic carbocycles. The molecule has 1 aromatic heterocycles. The van der Waals surface area contributed by atoms with Gasteiger partial charge < -0.3 is 9.52 Å². The summed E-state index contributed by atoms with van der Waals surface area (Å²) in [7, 11) is -4.40. The van der Waals surface area contributed by atoms with Crippen LogP contribution >= 0.6 is 0 Å². The Morgan fingerprint density at radius 3 is 2.44 bits per heavy atom. The zero-order valence-corrected chi connectivity index (χ0v) is 8.81. The van der Waals surface area contributed by atoms with Crippen molar-refractivity contribution in [3.8, 4) is 17.1 Å². The van der Waals surface area contributed by atoms with E-state index in [1.165, 1.54) is 18.4 Å². The Balaban J connectivity index is 2.53. The third-order valence-corrected chi connectivity index (χ3v) is 2.94. The highest BCUT2D eigenvalue weighted by Crippen LogP contribution is 2.29. The number of hydrogen-bond acceptors (Lipinski definition) is 4. The summed E-state index contributed by atoms with van der Waals surface area (Å²) in [4.78, 5) is -0.525. The molecule has 2 aromatic rings. The average molecular weight is 240 g/mol. The van der Waals surface area contributed by atoms with Gasteiger partial charge in [0.2, 0.25) is 0 Å². The van der Waals surface area contributed by atoms with E-state index in [0.29, 0.717) is 11.3 Å². The molecule has 0 aliphatic rings. The molecule has 0 amide bonds. The number of rotatable bonds is 2. The fraction of sp³-hybridized carbons (Fsp3) is 0. The second-order valence-corrected chi connectivity index (χ2v) is 4.52. The quantitative estimate of drug-likeness (QED) is 0.783. The molecule has 16 heavy (non-hydrogen) atoms. The average Bonchev–Trinajstić information content (AvgIpc) is 2.68. The van der Waals surface area contributed by atoms with Gasteiger partial charge in [0.1, 0.15) is 16.4 Å². The fourth-order valence-corrected chi connectivity index (χ4v) is 1.89. The van der Waals surface area contributed by atoms with Gasteiger partial charge in [0.15, 0.2) is 0 Å². The lowest BCUT2D eigenvalue weighted by molar-refractivity contribution is 0.443. The third kappa shape index (κ3) is 1.93.